The second kappa shape index (κ2) is 6.64. The molecule has 2 N–H and O–H groups in total. The summed E-state index contributed by atoms with van der Waals surface area (Å²) in [6, 6.07) is 3.76. The Bertz CT molecular complexity index is 435. The number of halogens is 1. The van der Waals surface area contributed by atoms with Gasteiger partial charge in [0.1, 0.15) is 17.6 Å². The smallest absolute Gasteiger partial charge is 0.242 e. The molecular weight excluding hydrogens is 235 g/mol. The molecule has 0 aliphatic heterocycles. The van der Waals surface area contributed by atoms with Crippen molar-refractivity contribution in [2.45, 2.75) is 13.0 Å². The van der Waals surface area contributed by atoms with Crippen LogP contribution in [0.2, 0.25) is 0 Å². The number of hydrogen-bond donors (Lipinski definition) is 2. The zero-order chi connectivity index (χ0) is 13.5. The van der Waals surface area contributed by atoms with Crippen LogP contribution in [0.5, 0.6) is 5.75 Å². The van der Waals surface area contributed by atoms with E-state index in [4.69, 9.17) is 4.74 Å². The molecule has 0 saturated heterocycles. The van der Waals surface area contributed by atoms with Gasteiger partial charge in [-0.05, 0) is 19.1 Å². The van der Waals surface area contributed by atoms with Gasteiger partial charge in [0, 0.05) is 12.6 Å². The lowest BCUT2D eigenvalue weighted by molar-refractivity contribution is -0.121. The Balaban J connectivity index is 2.71. The number of nitrogens with one attached hydrogen (secondary N) is 2. The summed E-state index contributed by atoms with van der Waals surface area (Å²) in [6.45, 7) is 5.53. The third kappa shape index (κ3) is 3.76. The van der Waals surface area contributed by atoms with Crippen molar-refractivity contribution in [3.05, 3.63) is 36.7 Å². The van der Waals surface area contributed by atoms with Gasteiger partial charge in [0.2, 0.25) is 5.91 Å². The Hall–Kier alpha value is -2.04. The van der Waals surface area contributed by atoms with Crippen LogP contribution in [0.1, 0.15) is 6.92 Å². The van der Waals surface area contributed by atoms with Crippen LogP contribution >= 0.6 is 0 Å². The summed E-state index contributed by atoms with van der Waals surface area (Å²) in [4.78, 5) is 11.6. The van der Waals surface area contributed by atoms with Crippen LogP contribution in [0, 0.1) is 5.82 Å². The molecule has 0 spiro atoms. The van der Waals surface area contributed by atoms with Gasteiger partial charge in [-0.3, -0.25) is 4.79 Å². The minimum Gasteiger partial charge on any atom is -0.497 e. The Morgan fingerprint density at radius 2 is 2.33 bits per heavy atom. The van der Waals surface area contributed by atoms with E-state index in [0.717, 1.165) is 0 Å². The lowest BCUT2D eigenvalue weighted by atomic mass is 10.2. The van der Waals surface area contributed by atoms with Crippen LogP contribution in [-0.4, -0.2) is 25.6 Å². The van der Waals surface area contributed by atoms with E-state index >= 15 is 0 Å². The summed E-state index contributed by atoms with van der Waals surface area (Å²) in [7, 11) is 1.50. The minimum absolute atomic E-state index is 0.225. The molecule has 1 unspecified atom stereocenters. The van der Waals surface area contributed by atoms with Gasteiger partial charge in [-0.2, -0.15) is 0 Å². The van der Waals surface area contributed by atoms with Gasteiger partial charge in [-0.25, -0.2) is 4.39 Å². The van der Waals surface area contributed by atoms with Crippen LogP contribution < -0.4 is 15.4 Å². The largest absolute Gasteiger partial charge is 0.497 e. The number of amides is 1. The monoisotopic (exact) mass is 252 g/mol. The van der Waals surface area contributed by atoms with Crippen molar-refractivity contribution in [3.63, 3.8) is 0 Å². The van der Waals surface area contributed by atoms with Crippen molar-refractivity contribution in [1.29, 1.82) is 0 Å². The zero-order valence-corrected chi connectivity index (χ0v) is 10.5. The van der Waals surface area contributed by atoms with Crippen LogP contribution in [-0.2, 0) is 4.79 Å². The Morgan fingerprint density at radius 1 is 1.61 bits per heavy atom. The fraction of sp³-hybridized carbons (Fsp3) is 0.308. The topological polar surface area (TPSA) is 50.4 Å². The maximum Gasteiger partial charge on any atom is 0.242 e. The summed E-state index contributed by atoms with van der Waals surface area (Å²) in [5.41, 5.74) is 0.232. The molecule has 0 heterocycles. The van der Waals surface area contributed by atoms with E-state index in [1.165, 1.54) is 25.3 Å². The van der Waals surface area contributed by atoms with E-state index in [-0.39, 0.29) is 11.6 Å². The lowest BCUT2D eigenvalue weighted by Crippen LogP contribution is -2.37. The van der Waals surface area contributed by atoms with Crippen molar-refractivity contribution in [2.24, 2.45) is 0 Å². The van der Waals surface area contributed by atoms with E-state index in [9.17, 15) is 9.18 Å². The molecule has 0 fully saturated rings. The zero-order valence-electron chi connectivity index (χ0n) is 10.5. The molecule has 5 heteroatoms. The molecule has 18 heavy (non-hydrogen) atoms. The Kier molecular flexibility index (Phi) is 5.17. The predicted molar refractivity (Wildman–Crippen MR) is 69.2 cm³/mol. The van der Waals surface area contributed by atoms with Crippen LogP contribution in [0.3, 0.4) is 0 Å². The average Bonchev–Trinajstić information content (AvgIpc) is 2.38. The third-order valence-electron chi connectivity index (χ3n) is 2.36. The first-order valence-corrected chi connectivity index (χ1v) is 5.57. The summed E-state index contributed by atoms with van der Waals surface area (Å²) < 4.78 is 18.5. The van der Waals surface area contributed by atoms with Gasteiger partial charge >= 0.3 is 0 Å². The molecule has 0 saturated carbocycles. The van der Waals surface area contributed by atoms with Crippen molar-refractivity contribution < 1.29 is 13.9 Å². The highest BCUT2D eigenvalue weighted by Crippen LogP contribution is 2.21. The molecule has 98 valence electrons. The highest BCUT2D eigenvalue weighted by Gasteiger charge is 2.14. The van der Waals surface area contributed by atoms with Gasteiger partial charge in [0.25, 0.3) is 0 Å². The van der Waals surface area contributed by atoms with Crippen LogP contribution in [0.25, 0.3) is 0 Å². The van der Waals surface area contributed by atoms with Gasteiger partial charge in [-0.15, -0.1) is 6.58 Å². The molecule has 1 atom stereocenters. The van der Waals surface area contributed by atoms with Crippen molar-refractivity contribution in [2.75, 3.05) is 19.0 Å². The van der Waals surface area contributed by atoms with E-state index in [0.29, 0.717) is 12.3 Å². The van der Waals surface area contributed by atoms with Gasteiger partial charge in [-0.1, -0.05) is 6.08 Å². The fourth-order valence-electron chi connectivity index (χ4n) is 1.37. The highest BCUT2D eigenvalue weighted by atomic mass is 19.1. The number of rotatable bonds is 6. The van der Waals surface area contributed by atoms with E-state index in [1.54, 1.807) is 13.0 Å². The molecule has 1 aromatic carbocycles. The molecule has 1 amide bonds. The highest BCUT2D eigenvalue weighted by molar-refractivity contribution is 5.84. The normalized spacial score (nSPS) is 11.5. The number of methoxy groups -OCH3 is 1. The number of ether oxygens (including phenoxy) is 1. The quantitative estimate of drug-likeness (QED) is 0.761. The fourth-order valence-corrected chi connectivity index (χ4v) is 1.37. The van der Waals surface area contributed by atoms with Crippen molar-refractivity contribution >= 4 is 11.6 Å². The molecule has 1 aromatic rings. The minimum atomic E-state index is -0.549. The Labute approximate surface area is 106 Å². The second-order valence-electron chi connectivity index (χ2n) is 3.75. The summed E-state index contributed by atoms with van der Waals surface area (Å²) in [5, 5.41) is 5.42. The van der Waals surface area contributed by atoms with Gasteiger partial charge in [0.15, 0.2) is 0 Å². The number of benzene rings is 1. The number of anilines is 1. The van der Waals surface area contributed by atoms with Crippen LogP contribution in [0.4, 0.5) is 10.1 Å². The summed E-state index contributed by atoms with van der Waals surface area (Å²) in [5.74, 6) is -0.131. The van der Waals surface area contributed by atoms with E-state index in [2.05, 4.69) is 17.2 Å². The summed E-state index contributed by atoms with van der Waals surface area (Å²) >= 11 is 0. The molecule has 1 rings (SSSR count). The van der Waals surface area contributed by atoms with Gasteiger partial charge in [0.05, 0.1) is 12.8 Å². The predicted octanol–water partition coefficient (Wildman–Crippen LogP) is 1.94. The number of hydrogen-bond acceptors (Lipinski definition) is 3. The first-order valence-electron chi connectivity index (χ1n) is 5.57. The lowest BCUT2D eigenvalue weighted by Gasteiger charge is -2.15. The number of carbonyl (C=O) groups excluding carboxylic acids is 1. The molecule has 0 aliphatic rings. The second-order valence-corrected chi connectivity index (χ2v) is 3.75. The first kappa shape index (κ1) is 14.0. The van der Waals surface area contributed by atoms with Crippen molar-refractivity contribution in [1.82, 2.24) is 5.32 Å². The van der Waals surface area contributed by atoms with E-state index < -0.39 is 11.9 Å². The molecule has 0 bridgehead atoms. The molecular formula is C13H17FN2O2. The van der Waals surface area contributed by atoms with Gasteiger partial charge < -0.3 is 15.4 Å². The third-order valence-corrected chi connectivity index (χ3v) is 2.36. The standard InChI is InChI=1S/C13H17FN2O2/c1-4-7-15-13(17)9(2)16-12-8-10(18-3)5-6-11(12)14/h4-6,8-9,16H,1,7H2,2-3H3,(H,15,17). The number of carbonyl (C=O) groups is 1. The first-order chi connectivity index (χ1) is 8.58. The molecule has 0 aromatic heterocycles. The average molecular weight is 252 g/mol. The van der Waals surface area contributed by atoms with E-state index in [1.807, 2.05) is 0 Å². The maximum atomic E-state index is 13.5. The van der Waals surface area contributed by atoms with Crippen molar-refractivity contribution in [3.8, 4) is 5.75 Å². The molecule has 0 aliphatic carbocycles. The Morgan fingerprint density at radius 3 is 2.94 bits per heavy atom. The SMILES string of the molecule is C=CCNC(=O)C(C)Nc1cc(OC)ccc1F. The summed E-state index contributed by atoms with van der Waals surface area (Å²) in [6.07, 6.45) is 1.58. The maximum absolute atomic E-state index is 13.5. The molecule has 0 radical (unpaired) electrons. The molecule has 4 nitrogen and oxygen atoms in total. The van der Waals surface area contributed by atoms with Crippen LogP contribution in [0.15, 0.2) is 30.9 Å².